The molecule has 0 saturated carbocycles. The fraction of sp³-hybridized carbons (Fsp3) is 0.643. The van der Waals surface area contributed by atoms with Crippen LogP contribution < -0.4 is 0 Å². The van der Waals surface area contributed by atoms with Crippen molar-refractivity contribution in [2.45, 2.75) is 277 Å². The Morgan fingerprint density at radius 1 is 0.289 bits per heavy atom. The van der Waals surface area contributed by atoms with Gasteiger partial charge in [0.2, 0.25) is 0 Å². The van der Waals surface area contributed by atoms with Gasteiger partial charge in [0.05, 0.1) is 6.42 Å². The van der Waals surface area contributed by atoms with Crippen molar-refractivity contribution >= 4 is 17.9 Å². The van der Waals surface area contributed by atoms with Gasteiger partial charge in [0.25, 0.3) is 0 Å². The molecule has 76 heavy (non-hydrogen) atoms. The molecule has 0 rings (SSSR count). The Hall–Kier alpha value is -4.45. The summed E-state index contributed by atoms with van der Waals surface area (Å²) in [7, 11) is 0. The van der Waals surface area contributed by atoms with Crippen LogP contribution in [0.2, 0.25) is 0 Å². The lowest BCUT2D eigenvalue weighted by Gasteiger charge is -2.18. The number of unbranched alkanes of at least 4 members (excludes halogenated alkanes) is 23. The Morgan fingerprint density at radius 2 is 0.566 bits per heavy atom. The normalized spacial score (nSPS) is 13.0. The lowest BCUT2D eigenvalue weighted by atomic mass is 10.0. The van der Waals surface area contributed by atoms with E-state index in [1.165, 1.54) is 109 Å². The van der Waals surface area contributed by atoms with Crippen molar-refractivity contribution in [3.8, 4) is 0 Å². The molecule has 0 aromatic heterocycles. The van der Waals surface area contributed by atoms with E-state index in [9.17, 15) is 14.4 Å². The van der Waals surface area contributed by atoms with E-state index in [2.05, 4.69) is 142 Å². The average molecular weight is 1050 g/mol. The molecule has 0 aliphatic carbocycles. The van der Waals surface area contributed by atoms with E-state index in [1.807, 2.05) is 6.08 Å². The topological polar surface area (TPSA) is 78.9 Å². The maximum Gasteiger partial charge on any atom is 0.309 e. The number of esters is 3. The Balaban J connectivity index is 4.47. The van der Waals surface area contributed by atoms with Crippen LogP contribution >= 0.6 is 0 Å². The first-order chi connectivity index (χ1) is 37.5. The number of rotatable bonds is 55. The molecule has 430 valence electrons. The van der Waals surface area contributed by atoms with Crippen LogP contribution in [-0.4, -0.2) is 37.2 Å². The summed E-state index contributed by atoms with van der Waals surface area (Å²) in [6, 6.07) is 0. The zero-order valence-electron chi connectivity index (χ0n) is 49.2. The van der Waals surface area contributed by atoms with Crippen molar-refractivity contribution in [1.82, 2.24) is 0 Å². The molecule has 0 amide bonds. The molecule has 6 nitrogen and oxygen atoms in total. The van der Waals surface area contributed by atoms with Gasteiger partial charge in [-0.3, -0.25) is 14.4 Å². The molecule has 0 heterocycles. The minimum absolute atomic E-state index is 0.118. The maximum atomic E-state index is 12.9. The first kappa shape index (κ1) is 71.5. The van der Waals surface area contributed by atoms with Gasteiger partial charge >= 0.3 is 17.9 Å². The molecule has 0 aromatic carbocycles. The minimum atomic E-state index is -0.828. The predicted molar refractivity (Wildman–Crippen MR) is 329 cm³/mol. The van der Waals surface area contributed by atoms with E-state index in [0.717, 1.165) is 122 Å². The molecule has 0 aliphatic heterocycles. The summed E-state index contributed by atoms with van der Waals surface area (Å²) in [6.45, 7) is 6.33. The van der Waals surface area contributed by atoms with Crippen LogP contribution in [0, 0.1) is 0 Å². The van der Waals surface area contributed by atoms with E-state index in [4.69, 9.17) is 14.2 Å². The third-order valence-corrected chi connectivity index (χ3v) is 12.9. The molecular weight excluding hydrogens is 937 g/mol. The van der Waals surface area contributed by atoms with Gasteiger partial charge in [-0.25, -0.2) is 0 Å². The Bertz CT molecular complexity index is 1630. The van der Waals surface area contributed by atoms with Crippen molar-refractivity contribution in [3.63, 3.8) is 0 Å². The molecule has 0 aromatic rings. The second-order valence-electron chi connectivity index (χ2n) is 20.2. The van der Waals surface area contributed by atoms with E-state index in [-0.39, 0.29) is 31.6 Å². The van der Waals surface area contributed by atoms with Crippen molar-refractivity contribution < 1.29 is 28.6 Å². The van der Waals surface area contributed by atoms with Crippen molar-refractivity contribution in [1.29, 1.82) is 0 Å². The SMILES string of the molecule is CC/C=C\C/C=C\C/C=C\C/C=C\C/C=C\C/C=C\CCCCCCCCC(=O)OCC(COC(=O)C/C=C\C/C=C\C/C=C\C/C=C\C/C=C\CC)OC(=O)CCCCCCCCCCCCCCCCCCCC. The Labute approximate surface area is 468 Å². The number of carbonyl (C=O) groups is 3. The number of ether oxygens (including phenoxy) is 3. The zero-order valence-corrected chi connectivity index (χ0v) is 49.2. The molecular formula is C70H114O6. The third-order valence-electron chi connectivity index (χ3n) is 12.9. The monoisotopic (exact) mass is 1050 g/mol. The van der Waals surface area contributed by atoms with Gasteiger partial charge in [0.1, 0.15) is 13.2 Å². The summed E-state index contributed by atoms with van der Waals surface area (Å²) >= 11 is 0. The molecule has 0 saturated heterocycles. The molecule has 0 spiro atoms. The largest absolute Gasteiger partial charge is 0.462 e. The van der Waals surface area contributed by atoms with Gasteiger partial charge in [0.15, 0.2) is 6.10 Å². The summed E-state index contributed by atoms with van der Waals surface area (Å²) in [4.78, 5) is 38.2. The van der Waals surface area contributed by atoms with Crippen LogP contribution in [0.1, 0.15) is 271 Å². The number of hydrogen-bond acceptors (Lipinski definition) is 6. The van der Waals surface area contributed by atoms with Gasteiger partial charge in [0, 0.05) is 12.8 Å². The van der Waals surface area contributed by atoms with Gasteiger partial charge in [-0.15, -0.1) is 0 Å². The second-order valence-corrected chi connectivity index (χ2v) is 20.2. The summed E-state index contributed by atoms with van der Waals surface area (Å²) in [5, 5.41) is 0. The molecule has 1 unspecified atom stereocenters. The number of hydrogen-bond donors (Lipinski definition) is 0. The first-order valence-electron chi connectivity index (χ1n) is 31.2. The summed E-state index contributed by atoms with van der Waals surface area (Å²) in [6.07, 6.45) is 89.0. The number of allylic oxidation sites excluding steroid dienone is 21. The highest BCUT2D eigenvalue weighted by molar-refractivity contribution is 5.72. The van der Waals surface area contributed by atoms with Crippen LogP contribution in [0.15, 0.2) is 134 Å². The Morgan fingerprint density at radius 3 is 0.921 bits per heavy atom. The fourth-order valence-electron chi connectivity index (χ4n) is 8.34. The van der Waals surface area contributed by atoms with Gasteiger partial charge in [-0.05, 0) is 96.3 Å². The highest BCUT2D eigenvalue weighted by Gasteiger charge is 2.19. The van der Waals surface area contributed by atoms with Crippen molar-refractivity contribution in [2.24, 2.45) is 0 Å². The third kappa shape index (κ3) is 60.4. The second kappa shape index (κ2) is 63.1. The summed E-state index contributed by atoms with van der Waals surface area (Å²) in [5.41, 5.74) is 0. The average Bonchev–Trinajstić information content (AvgIpc) is 3.42. The Kier molecular flexibility index (Phi) is 59.4. The minimum Gasteiger partial charge on any atom is -0.462 e. The van der Waals surface area contributed by atoms with Crippen LogP contribution in [0.5, 0.6) is 0 Å². The van der Waals surface area contributed by atoms with Crippen molar-refractivity contribution in [3.05, 3.63) is 134 Å². The van der Waals surface area contributed by atoms with Gasteiger partial charge < -0.3 is 14.2 Å². The predicted octanol–water partition coefficient (Wildman–Crippen LogP) is 21.4. The summed E-state index contributed by atoms with van der Waals surface area (Å²) in [5.74, 6) is -1.06. The summed E-state index contributed by atoms with van der Waals surface area (Å²) < 4.78 is 16.8. The fourth-order valence-corrected chi connectivity index (χ4v) is 8.34. The van der Waals surface area contributed by atoms with E-state index in [0.29, 0.717) is 12.8 Å². The van der Waals surface area contributed by atoms with E-state index in [1.54, 1.807) is 6.08 Å². The van der Waals surface area contributed by atoms with Crippen LogP contribution in [0.3, 0.4) is 0 Å². The molecule has 0 fully saturated rings. The van der Waals surface area contributed by atoms with Crippen LogP contribution in [0.25, 0.3) is 0 Å². The lowest BCUT2D eigenvalue weighted by Crippen LogP contribution is -2.30. The zero-order chi connectivity index (χ0) is 55.0. The highest BCUT2D eigenvalue weighted by Crippen LogP contribution is 2.16. The first-order valence-corrected chi connectivity index (χ1v) is 31.2. The molecule has 1 atom stereocenters. The maximum absolute atomic E-state index is 12.9. The quantitative estimate of drug-likeness (QED) is 0.0261. The van der Waals surface area contributed by atoms with Gasteiger partial charge in [-0.2, -0.15) is 0 Å². The smallest absolute Gasteiger partial charge is 0.309 e. The molecule has 0 aliphatic rings. The van der Waals surface area contributed by atoms with Crippen LogP contribution in [-0.2, 0) is 28.6 Å². The van der Waals surface area contributed by atoms with Crippen LogP contribution in [0.4, 0.5) is 0 Å². The molecule has 6 heteroatoms. The van der Waals surface area contributed by atoms with Gasteiger partial charge in [-0.1, -0.05) is 289 Å². The van der Waals surface area contributed by atoms with E-state index >= 15 is 0 Å². The number of carbonyl (C=O) groups excluding carboxylic acids is 3. The standard InChI is InChI=1S/C70H114O6/c1-4-7-10-13-16-19-22-25-28-30-32-33-34-35-36-37-38-40-42-45-48-51-54-57-60-63-69(72)75-66-67(65-74-68(71)62-59-56-53-50-47-44-41-27-24-21-18-15-12-9-6-3)76-70(73)64-61-58-55-52-49-46-43-39-31-29-26-23-20-17-14-11-8-5-2/h7,9-10,12,16,18-19,21,25,27-28,32-33,35-36,38,40-41,47,50,56,59,67H,4-6,8,11,13-15,17,20,22-24,26,29-31,34,37,39,42-46,48-49,51-55,57-58,60-66H2,1-3H3/b10-7-,12-9-,19-16-,21-18-,28-25-,33-32-,36-35-,40-38-,41-27-,50-47-,59-56-. The highest BCUT2D eigenvalue weighted by atomic mass is 16.6. The van der Waals surface area contributed by atoms with E-state index < -0.39 is 12.1 Å². The lowest BCUT2D eigenvalue weighted by molar-refractivity contribution is -0.166. The molecule has 0 N–H and O–H groups in total. The molecule has 0 bridgehead atoms. The van der Waals surface area contributed by atoms with Crippen molar-refractivity contribution in [2.75, 3.05) is 13.2 Å². The molecule has 0 radical (unpaired) electrons.